The second kappa shape index (κ2) is 9.24. The monoisotopic (exact) mass is 448 g/mol. The third-order valence-electron chi connectivity index (χ3n) is 5.21. The Bertz CT molecular complexity index is 1000. The molecule has 2 saturated heterocycles. The summed E-state index contributed by atoms with van der Waals surface area (Å²) >= 11 is 0. The zero-order valence-electron chi connectivity index (χ0n) is 16.6. The Labute approximate surface area is 181 Å². The quantitative estimate of drug-likeness (QED) is 0.520. The van der Waals surface area contributed by atoms with Crippen molar-refractivity contribution in [1.29, 1.82) is 0 Å². The highest BCUT2D eigenvalue weighted by atomic mass is 16.8. The van der Waals surface area contributed by atoms with Crippen molar-refractivity contribution < 1.29 is 39.0 Å². The summed E-state index contributed by atoms with van der Waals surface area (Å²) in [6, 6.07) is 11.4. The predicted molar refractivity (Wildman–Crippen MR) is 105 cm³/mol. The molecule has 0 aromatic heterocycles. The molecule has 4 rings (SSSR count). The molecule has 170 valence electrons. The van der Waals surface area contributed by atoms with E-state index in [0.717, 1.165) is 0 Å². The van der Waals surface area contributed by atoms with Gasteiger partial charge >= 0.3 is 0 Å². The first kappa shape index (κ1) is 22.2. The molecule has 2 aromatic rings. The van der Waals surface area contributed by atoms with Crippen LogP contribution in [0.25, 0.3) is 0 Å². The topological polar surface area (TPSA) is 164 Å². The van der Waals surface area contributed by atoms with Crippen LogP contribution in [0.15, 0.2) is 48.5 Å². The lowest BCUT2D eigenvalue weighted by Gasteiger charge is -2.23. The Kier molecular flexibility index (Phi) is 6.41. The smallest absolute Gasteiger partial charge is 0.269 e. The first-order valence-corrected chi connectivity index (χ1v) is 9.72. The van der Waals surface area contributed by atoms with Crippen LogP contribution in [-0.4, -0.2) is 57.7 Å². The molecule has 2 aliphatic heterocycles. The number of hydrogen-bond acceptors (Lipinski definition) is 10. The number of rotatable bonds is 4. The summed E-state index contributed by atoms with van der Waals surface area (Å²) in [6.45, 7) is -0.462. The molecule has 2 heterocycles. The van der Waals surface area contributed by atoms with E-state index in [-0.39, 0.29) is 24.6 Å². The maximum absolute atomic E-state index is 11.1. The molecule has 2 aliphatic rings. The number of hydrogen-bond donors (Lipinski definition) is 2. The Balaban J connectivity index is 1.55. The number of fused-ring (bicyclic) bond motifs is 1. The van der Waals surface area contributed by atoms with Crippen LogP contribution in [-0.2, 0) is 18.9 Å². The highest BCUT2D eigenvalue weighted by Gasteiger charge is 2.45. The molecular formula is C20H20N2O10. The van der Waals surface area contributed by atoms with Crippen molar-refractivity contribution in [1.82, 2.24) is 0 Å². The van der Waals surface area contributed by atoms with E-state index in [2.05, 4.69) is 0 Å². The van der Waals surface area contributed by atoms with Crippen molar-refractivity contribution in [2.45, 2.75) is 37.0 Å². The van der Waals surface area contributed by atoms with Gasteiger partial charge in [-0.1, -0.05) is 24.3 Å². The number of aliphatic hydroxyl groups is 2. The Morgan fingerprint density at radius 1 is 0.812 bits per heavy atom. The minimum atomic E-state index is -1.39. The van der Waals surface area contributed by atoms with Gasteiger partial charge in [-0.3, -0.25) is 20.2 Å². The number of nitro benzene ring substituents is 2. The fourth-order valence-electron chi connectivity index (χ4n) is 3.59. The van der Waals surface area contributed by atoms with Crippen molar-refractivity contribution in [2.75, 3.05) is 13.2 Å². The Morgan fingerprint density at radius 3 is 1.97 bits per heavy atom. The number of benzene rings is 2. The normalized spacial score (nSPS) is 30.6. The Morgan fingerprint density at radius 2 is 1.38 bits per heavy atom. The molecule has 2 aromatic carbocycles. The van der Waals surface area contributed by atoms with Gasteiger partial charge in [-0.2, -0.15) is 0 Å². The molecule has 2 N–H and O–H groups in total. The third kappa shape index (κ3) is 4.60. The minimum Gasteiger partial charge on any atom is -0.388 e. The summed E-state index contributed by atoms with van der Waals surface area (Å²) in [5, 5.41) is 43.1. The fraction of sp³-hybridized carbons (Fsp3) is 0.400. The molecule has 2 fully saturated rings. The lowest BCUT2D eigenvalue weighted by Crippen LogP contribution is -2.45. The van der Waals surface area contributed by atoms with E-state index in [1.807, 2.05) is 0 Å². The molecule has 6 atom stereocenters. The van der Waals surface area contributed by atoms with Crippen LogP contribution in [0.3, 0.4) is 0 Å². The van der Waals surface area contributed by atoms with Gasteiger partial charge in [-0.05, 0) is 0 Å². The average Bonchev–Trinajstić information content (AvgIpc) is 3.23. The largest absolute Gasteiger partial charge is 0.388 e. The first-order chi connectivity index (χ1) is 15.3. The summed E-state index contributed by atoms with van der Waals surface area (Å²) in [7, 11) is 0. The van der Waals surface area contributed by atoms with Crippen LogP contribution in [0.2, 0.25) is 0 Å². The second-order valence-electron chi connectivity index (χ2n) is 7.37. The van der Waals surface area contributed by atoms with Crippen molar-refractivity contribution in [3.8, 4) is 0 Å². The van der Waals surface area contributed by atoms with Crippen LogP contribution >= 0.6 is 0 Å². The first-order valence-electron chi connectivity index (χ1n) is 9.72. The van der Waals surface area contributed by atoms with E-state index in [0.29, 0.717) is 11.1 Å². The van der Waals surface area contributed by atoms with E-state index >= 15 is 0 Å². The van der Waals surface area contributed by atoms with Crippen molar-refractivity contribution in [3.63, 3.8) is 0 Å². The van der Waals surface area contributed by atoms with Gasteiger partial charge in [0.2, 0.25) is 0 Å². The summed E-state index contributed by atoms with van der Waals surface area (Å²) in [5.74, 6) is 0. The molecular weight excluding hydrogens is 428 g/mol. The number of aliphatic hydroxyl groups excluding tert-OH is 2. The van der Waals surface area contributed by atoms with E-state index in [1.165, 1.54) is 36.4 Å². The standard InChI is InChI=1S/C20H20N2O10/c23-15-9-29-19(11-3-1-5-13(7-11)21(25)26)30-10-16-18(17(15)24)32-20(31-16)12-4-2-6-14(8-12)22(27)28/h1-8,15-20,23-24H,9-10H2/t15-,16+,17+,18+,19?,20?/m0/s1. The van der Waals surface area contributed by atoms with E-state index < -0.39 is 46.8 Å². The van der Waals surface area contributed by atoms with Crippen LogP contribution in [0, 0.1) is 20.2 Å². The van der Waals surface area contributed by atoms with Crippen LogP contribution in [0.4, 0.5) is 11.4 Å². The molecule has 0 radical (unpaired) electrons. The van der Waals surface area contributed by atoms with Crippen molar-refractivity contribution in [2.24, 2.45) is 0 Å². The van der Waals surface area contributed by atoms with Crippen LogP contribution in [0.1, 0.15) is 23.7 Å². The summed E-state index contributed by atoms with van der Waals surface area (Å²) in [5.41, 5.74) is 0.427. The van der Waals surface area contributed by atoms with Crippen LogP contribution < -0.4 is 0 Å². The maximum Gasteiger partial charge on any atom is 0.269 e. The second-order valence-corrected chi connectivity index (χ2v) is 7.37. The van der Waals surface area contributed by atoms with Crippen molar-refractivity contribution >= 4 is 11.4 Å². The van der Waals surface area contributed by atoms with E-state index in [1.54, 1.807) is 12.1 Å². The molecule has 0 amide bonds. The molecule has 32 heavy (non-hydrogen) atoms. The minimum absolute atomic E-state index is 0.132. The highest BCUT2D eigenvalue weighted by Crippen LogP contribution is 2.36. The van der Waals surface area contributed by atoms with E-state index in [4.69, 9.17) is 18.9 Å². The number of nitrogens with zero attached hydrogens (tertiary/aromatic N) is 2. The fourth-order valence-corrected chi connectivity index (χ4v) is 3.59. The maximum atomic E-state index is 11.1. The summed E-state index contributed by atoms with van der Waals surface area (Å²) in [4.78, 5) is 21.0. The molecule has 0 saturated carbocycles. The number of non-ortho nitro benzene ring substituents is 2. The highest BCUT2D eigenvalue weighted by molar-refractivity contribution is 5.36. The molecule has 2 unspecified atom stereocenters. The van der Waals surface area contributed by atoms with Gasteiger partial charge in [-0.15, -0.1) is 0 Å². The molecule has 0 aliphatic carbocycles. The zero-order chi connectivity index (χ0) is 22.8. The average molecular weight is 448 g/mol. The van der Waals surface area contributed by atoms with Crippen molar-refractivity contribution in [3.05, 3.63) is 79.9 Å². The van der Waals surface area contributed by atoms with Gasteiger partial charge in [0.15, 0.2) is 12.6 Å². The van der Waals surface area contributed by atoms with Crippen LogP contribution in [0.5, 0.6) is 0 Å². The molecule has 12 nitrogen and oxygen atoms in total. The van der Waals surface area contributed by atoms with Gasteiger partial charge in [0.25, 0.3) is 11.4 Å². The van der Waals surface area contributed by atoms with Gasteiger partial charge in [0.1, 0.15) is 24.4 Å². The zero-order valence-corrected chi connectivity index (χ0v) is 16.6. The lowest BCUT2D eigenvalue weighted by molar-refractivity contribution is -0.385. The summed E-state index contributed by atoms with van der Waals surface area (Å²) in [6.07, 6.45) is -6.68. The Hall–Kier alpha value is -3.00. The molecule has 12 heteroatoms. The summed E-state index contributed by atoms with van der Waals surface area (Å²) < 4.78 is 22.9. The van der Waals surface area contributed by atoms with Gasteiger partial charge < -0.3 is 29.2 Å². The van der Waals surface area contributed by atoms with Gasteiger partial charge in [-0.25, -0.2) is 0 Å². The molecule has 0 spiro atoms. The SMILES string of the molecule is O=[N+]([O-])c1cccc(C2OC[C@H](O)[C@@H](O)[C@@H]3OC(c4cccc([N+](=O)[O-])c4)O[C@@H]3CO2)c1. The van der Waals surface area contributed by atoms with E-state index in [9.17, 15) is 30.4 Å². The number of ether oxygens (including phenoxy) is 4. The predicted octanol–water partition coefficient (Wildman–Crippen LogP) is 1.75. The van der Waals surface area contributed by atoms with Gasteiger partial charge in [0, 0.05) is 35.4 Å². The van der Waals surface area contributed by atoms with Gasteiger partial charge in [0.05, 0.1) is 23.1 Å². The number of nitro groups is 2. The lowest BCUT2D eigenvalue weighted by atomic mass is 10.0. The molecule has 0 bridgehead atoms. The third-order valence-corrected chi connectivity index (χ3v) is 5.21.